The molecular formula is C14H13N5O. The molecule has 0 amide bonds. The van der Waals surface area contributed by atoms with Gasteiger partial charge in [0.15, 0.2) is 0 Å². The van der Waals surface area contributed by atoms with Crippen molar-refractivity contribution >= 4 is 10.9 Å². The number of rotatable bonds is 1. The Labute approximate surface area is 114 Å². The molecule has 2 N–H and O–H groups in total. The summed E-state index contributed by atoms with van der Waals surface area (Å²) in [4.78, 5) is 15.1. The predicted octanol–water partition coefficient (Wildman–Crippen LogP) is 1.59. The second-order valence-electron chi connectivity index (χ2n) is 5.11. The maximum atomic E-state index is 12.2. The van der Waals surface area contributed by atoms with E-state index in [-0.39, 0.29) is 5.56 Å². The summed E-state index contributed by atoms with van der Waals surface area (Å²) in [6.07, 6.45) is 4.12. The van der Waals surface area contributed by atoms with Crippen LogP contribution in [0.25, 0.3) is 22.3 Å². The summed E-state index contributed by atoms with van der Waals surface area (Å²) < 4.78 is 0. The molecule has 0 spiro atoms. The van der Waals surface area contributed by atoms with Crippen molar-refractivity contribution in [3.05, 3.63) is 39.7 Å². The number of hydrogen-bond donors (Lipinski definition) is 2. The molecular weight excluding hydrogens is 254 g/mol. The maximum absolute atomic E-state index is 12.2. The number of nitrogens with zero attached hydrogens (tertiary/aromatic N) is 3. The van der Waals surface area contributed by atoms with Crippen molar-refractivity contribution < 1.29 is 0 Å². The third-order valence-corrected chi connectivity index (χ3v) is 3.94. The monoisotopic (exact) mass is 267 g/mol. The topological polar surface area (TPSA) is 87.3 Å². The normalized spacial score (nSPS) is 14.4. The number of pyridine rings is 1. The van der Waals surface area contributed by atoms with Crippen LogP contribution in [0.15, 0.2) is 23.0 Å². The van der Waals surface area contributed by atoms with Gasteiger partial charge >= 0.3 is 0 Å². The zero-order valence-electron chi connectivity index (χ0n) is 10.8. The van der Waals surface area contributed by atoms with Crippen molar-refractivity contribution in [3.63, 3.8) is 0 Å². The van der Waals surface area contributed by atoms with Gasteiger partial charge in [0.2, 0.25) is 5.82 Å². The molecule has 0 aliphatic heterocycles. The van der Waals surface area contributed by atoms with Crippen LogP contribution in [0.2, 0.25) is 0 Å². The summed E-state index contributed by atoms with van der Waals surface area (Å²) in [5.74, 6) is 0.533. The number of nitrogens with one attached hydrogen (secondary N) is 2. The first kappa shape index (κ1) is 11.3. The van der Waals surface area contributed by atoms with E-state index in [1.165, 1.54) is 5.56 Å². The van der Waals surface area contributed by atoms with Crippen LogP contribution in [0.4, 0.5) is 0 Å². The smallest absolute Gasteiger partial charge is 0.251 e. The van der Waals surface area contributed by atoms with E-state index in [1.54, 1.807) is 0 Å². The molecule has 0 atom stereocenters. The highest BCUT2D eigenvalue weighted by atomic mass is 16.1. The lowest BCUT2D eigenvalue weighted by Gasteiger charge is -2.17. The van der Waals surface area contributed by atoms with E-state index in [0.717, 1.165) is 47.7 Å². The van der Waals surface area contributed by atoms with Gasteiger partial charge in [0.25, 0.3) is 5.56 Å². The van der Waals surface area contributed by atoms with E-state index < -0.39 is 0 Å². The third kappa shape index (κ3) is 1.65. The first-order chi connectivity index (χ1) is 9.83. The average Bonchev–Trinajstić information content (AvgIpc) is 3.01. The molecule has 2 aromatic heterocycles. The Hall–Kier alpha value is -2.50. The van der Waals surface area contributed by atoms with Crippen LogP contribution in [0.5, 0.6) is 0 Å². The second kappa shape index (κ2) is 4.26. The van der Waals surface area contributed by atoms with Gasteiger partial charge in [-0.25, -0.2) is 0 Å². The van der Waals surface area contributed by atoms with Crippen LogP contribution >= 0.6 is 0 Å². The zero-order valence-corrected chi connectivity index (χ0v) is 10.8. The number of tetrazole rings is 1. The number of benzene rings is 1. The molecule has 0 fully saturated rings. The molecule has 0 saturated heterocycles. The number of H-pyrrole nitrogens is 2. The third-order valence-electron chi connectivity index (χ3n) is 3.94. The molecule has 1 aliphatic carbocycles. The average molecular weight is 267 g/mol. The van der Waals surface area contributed by atoms with Gasteiger partial charge in [0.05, 0.1) is 0 Å². The number of fused-ring (bicyclic) bond motifs is 3. The molecule has 3 aromatic rings. The highest BCUT2D eigenvalue weighted by molar-refractivity contribution is 5.86. The number of hydrogen-bond acceptors (Lipinski definition) is 4. The molecule has 2 heterocycles. The van der Waals surface area contributed by atoms with Crippen molar-refractivity contribution in [1.29, 1.82) is 0 Å². The summed E-state index contributed by atoms with van der Waals surface area (Å²) in [7, 11) is 0. The summed E-state index contributed by atoms with van der Waals surface area (Å²) >= 11 is 0. The Morgan fingerprint density at radius 1 is 1.10 bits per heavy atom. The largest absolute Gasteiger partial charge is 0.322 e. The molecule has 0 radical (unpaired) electrons. The van der Waals surface area contributed by atoms with Crippen LogP contribution in [0, 0.1) is 0 Å². The van der Waals surface area contributed by atoms with E-state index in [0.29, 0.717) is 5.82 Å². The maximum Gasteiger partial charge on any atom is 0.251 e. The lowest BCUT2D eigenvalue weighted by Crippen LogP contribution is -2.19. The summed E-state index contributed by atoms with van der Waals surface area (Å²) in [6.45, 7) is 0. The Kier molecular flexibility index (Phi) is 2.42. The van der Waals surface area contributed by atoms with Crippen molar-refractivity contribution in [1.82, 2.24) is 25.6 Å². The molecule has 6 nitrogen and oxygen atoms in total. The van der Waals surface area contributed by atoms with Crippen LogP contribution < -0.4 is 5.56 Å². The van der Waals surface area contributed by atoms with Crippen molar-refractivity contribution in [2.24, 2.45) is 0 Å². The SMILES string of the molecule is O=c1[nH]c2cc(-c3nn[nH]n3)ccc2c2c1CCCC2. The molecule has 4 rings (SSSR count). The fourth-order valence-electron chi connectivity index (χ4n) is 2.98. The summed E-state index contributed by atoms with van der Waals surface area (Å²) in [5, 5.41) is 15.1. The number of aryl methyl sites for hydroxylation is 1. The molecule has 6 heteroatoms. The van der Waals surface area contributed by atoms with Gasteiger partial charge in [-0.15, -0.1) is 10.2 Å². The van der Waals surface area contributed by atoms with Gasteiger partial charge in [0.1, 0.15) is 0 Å². The predicted molar refractivity (Wildman–Crippen MR) is 74.4 cm³/mol. The Morgan fingerprint density at radius 2 is 1.95 bits per heavy atom. The van der Waals surface area contributed by atoms with E-state index in [1.807, 2.05) is 18.2 Å². The van der Waals surface area contributed by atoms with Gasteiger partial charge in [-0.2, -0.15) is 5.21 Å². The Bertz CT molecular complexity index is 835. The molecule has 100 valence electrons. The number of aromatic amines is 2. The number of aromatic nitrogens is 5. The Balaban J connectivity index is 1.98. The minimum absolute atomic E-state index is 0.0393. The first-order valence-electron chi connectivity index (χ1n) is 6.74. The van der Waals surface area contributed by atoms with Crippen LogP contribution in [-0.2, 0) is 12.8 Å². The van der Waals surface area contributed by atoms with Gasteiger partial charge < -0.3 is 4.98 Å². The minimum atomic E-state index is 0.0393. The summed E-state index contributed by atoms with van der Waals surface area (Å²) in [6, 6.07) is 5.93. The first-order valence-corrected chi connectivity index (χ1v) is 6.74. The quantitative estimate of drug-likeness (QED) is 0.700. The van der Waals surface area contributed by atoms with E-state index >= 15 is 0 Å². The minimum Gasteiger partial charge on any atom is -0.322 e. The van der Waals surface area contributed by atoms with Crippen molar-refractivity contribution in [2.45, 2.75) is 25.7 Å². The standard InChI is InChI=1S/C14H13N5O/c20-14-11-4-2-1-3-9(11)10-6-5-8(7-12(10)15-14)13-16-18-19-17-13/h5-7H,1-4H2,(H,15,20)(H,16,17,18,19). The van der Waals surface area contributed by atoms with Crippen molar-refractivity contribution in [3.8, 4) is 11.4 Å². The van der Waals surface area contributed by atoms with Gasteiger partial charge in [-0.05, 0) is 42.5 Å². The molecule has 20 heavy (non-hydrogen) atoms. The Morgan fingerprint density at radius 3 is 2.75 bits per heavy atom. The van der Waals surface area contributed by atoms with E-state index in [4.69, 9.17) is 0 Å². The van der Waals surface area contributed by atoms with Crippen LogP contribution in [-0.4, -0.2) is 25.6 Å². The highest BCUT2D eigenvalue weighted by Gasteiger charge is 2.16. The zero-order chi connectivity index (χ0) is 13.5. The second-order valence-corrected chi connectivity index (χ2v) is 5.11. The molecule has 1 aromatic carbocycles. The van der Waals surface area contributed by atoms with Gasteiger partial charge in [-0.1, -0.05) is 12.1 Å². The molecule has 0 saturated carbocycles. The van der Waals surface area contributed by atoms with Gasteiger partial charge in [-0.3, -0.25) is 4.79 Å². The molecule has 1 aliphatic rings. The fourth-order valence-corrected chi connectivity index (χ4v) is 2.98. The lowest BCUT2D eigenvalue weighted by molar-refractivity contribution is 0.682. The van der Waals surface area contributed by atoms with Crippen LogP contribution in [0.1, 0.15) is 24.0 Å². The highest BCUT2D eigenvalue weighted by Crippen LogP contribution is 2.27. The van der Waals surface area contributed by atoms with E-state index in [2.05, 4.69) is 25.6 Å². The van der Waals surface area contributed by atoms with Crippen molar-refractivity contribution in [2.75, 3.05) is 0 Å². The molecule has 0 bridgehead atoms. The van der Waals surface area contributed by atoms with Crippen LogP contribution in [0.3, 0.4) is 0 Å². The van der Waals surface area contributed by atoms with E-state index in [9.17, 15) is 4.79 Å². The van der Waals surface area contributed by atoms with Gasteiger partial charge in [0, 0.05) is 22.0 Å². The molecule has 0 unspecified atom stereocenters. The lowest BCUT2D eigenvalue weighted by atomic mass is 9.89. The fraction of sp³-hybridized carbons (Fsp3) is 0.286. The summed E-state index contributed by atoms with van der Waals surface area (Å²) in [5.41, 5.74) is 3.89.